The van der Waals surface area contributed by atoms with Crippen LogP contribution in [0.5, 0.6) is 5.75 Å². The summed E-state index contributed by atoms with van der Waals surface area (Å²) in [7, 11) is -2.22. The maximum atomic E-state index is 12.1. The Morgan fingerprint density at radius 1 is 1.47 bits per heavy atom. The van der Waals surface area contributed by atoms with Gasteiger partial charge in [-0.2, -0.15) is 0 Å². The number of hydrogen-bond acceptors (Lipinski definition) is 5. The lowest BCUT2D eigenvalue weighted by molar-refractivity contribution is 0.274. The predicted octanol–water partition coefficient (Wildman–Crippen LogP) is 0.136. The summed E-state index contributed by atoms with van der Waals surface area (Å²) in [5.74, 6) is 0.550. The standard InChI is InChI=1S/C11H15N3O4S/c1-7(6-15)12-11-13-9-4-3-8(18-2)5-10(9)19(16,17)14-11/h3-5,7,15H,6H2,1-2H3,(H2,12,13,14)/t7-/m0/s1. The third-order valence-electron chi connectivity index (χ3n) is 2.58. The van der Waals surface area contributed by atoms with E-state index in [0.29, 0.717) is 11.4 Å². The number of aliphatic hydroxyl groups excluding tert-OH is 1. The Kier molecular flexibility index (Phi) is 3.63. The molecule has 1 aromatic rings. The molecule has 0 amide bonds. The Bertz CT molecular complexity index is 612. The second kappa shape index (κ2) is 5.06. The fourth-order valence-corrected chi connectivity index (χ4v) is 2.76. The van der Waals surface area contributed by atoms with Crippen LogP contribution in [0, 0.1) is 0 Å². The van der Waals surface area contributed by atoms with Crippen molar-refractivity contribution in [3.63, 3.8) is 0 Å². The summed E-state index contributed by atoms with van der Waals surface area (Å²) in [5, 5.41) is 11.8. The third kappa shape index (κ3) is 2.79. The molecule has 1 heterocycles. The van der Waals surface area contributed by atoms with Crippen molar-refractivity contribution in [1.29, 1.82) is 0 Å². The second-order valence-electron chi connectivity index (χ2n) is 4.10. The molecule has 1 atom stereocenters. The number of nitrogens with one attached hydrogen (secondary N) is 2. The van der Waals surface area contributed by atoms with Crippen LogP contribution >= 0.6 is 0 Å². The predicted molar refractivity (Wildman–Crippen MR) is 70.9 cm³/mol. The monoisotopic (exact) mass is 285 g/mol. The molecule has 0 aromatic heterocycles. The average molecular weight is 285 g/mol. The van der Waals surface area contributed by atoms with Gasteiger partial charge in [0.15, 0.2) is 0 Å². The molecule has 0 radical (unpaired) electrons. The van der Waals surface area contributed by atoms with E-state index in [2.05, 4.69) is 15.0 Å². The van der Waals surface area contributed by atoms with Crippen LogP contribution in [0.4, 0.5) is 5.69 Å². The molecule has 0 bridgehead atoms. The minimum atomic E-state index is -3.68. The maximum absolute atomic E-state index is 12.1. The van der Waals surface area contributed by atoms with Crippen molar-refractivity contribution < 1.29 is 18.3 Å². The number of anilines is 1. The van der Waals surface area contributed by atoms with Crippen LogP contribution in [-0.4, -0.2) is 39.2 Å². The van der Waals surface area contributed by atoms with Gasteiger partial charge < -0.3 is 15.2 Å². The van der Waals surface area contributed by atoms with Crippen LogP contribution in [0.3, 0.4) is 0 Å². The van der Waals surface area contributed by atoms with E-state index in [1.807, 2.05) is 0 Å². The molecule has 1 aliphatic heterocycles. The summed E-state index contributed by atoms with van der Waals surface area (Å²) in [6, 6.07) is 4.28. The number of hydrogen-bond donors (Lipinski definition) is 3. The van der Waals surface area contributed by atoms with E-state index in [9.17, 15) is 8.42 Å². The van der Waals surface area contributed by atoms with Crippen molar-refractivity contribution >= 4 is 21.7 Å². The Hall–Kier alpha value is -1.80. The van der Waals surface area contributed by atoms with Gasteiger partial charge in [-0.05, 0) is 19.1 Å². The van der Waals surface area contributed by atoms with E-state index in [1.54, 1.807) is 19.1 Å². The fourth-order valence-electron chi connectivity index (χ4n) is 1.61. The molecule has 19 heavy (non-hydrogen) atoms. The molecule has 3 N–H and O–H groups in total. The number of rotatable bonds is 3. The minimum Gasteiger partial charge on any atom is -0.497 e. The van der Waals surface area contributed by atoms with Crippen LogP contribution in [0.2, 0.25) is 0 Å². The van der Waals surface area contributed by atoms with Crippen molar-refractivity contribution in [3.05, 3.63) is 18.2 Å². The van der Waals surface area contributed by atoms with Gasteiger partial charge in [-0.1, -0.05) is 0 Å². The number of ether oxygens (including phenoxy) is 1. The maximum Gasteiger partial charge on any atom is 0.266 e. The van der Waals surface area contributed by atoms with Gasteiger partial charge in [-0.25, -0.2) is 18.1 Å². The smallest absolute Gasteiger partial charge is 0.266 e. The second-order valence-corrected chi connectivity index (χ2v) is 5.75. The number of methoxy groups -OCH3 is 1. The van der Waals surface area contributed by atoms with Crippen LogP contribution < -0.4 is 14.8 Å². The lowest BCUT2D eigenvalue weighted by atomic mass is 10.3. The molecule has 0 saturated heterocycles. The zero-order valence-corrected chi connectivity index (χ0v) is 11.4. The summed E-state index contributed by atoms with van der Waals surface area (Å²) < 4.78 is 31.5. The summed E-state index contributed by atoms with van der Waals surface area (Å²) in [6.07, 6.45) is 0. The Labute approximate surface area is 111 Å². The van der Waals surface area contributed by atoms with Crippen LogP contribution in [0.1, 0.15) is 6.92 Å². The number of nitrogens with zero attached hydrogens (tertiary/aromatic N) is 1. The van der Waals surface area contributed by atoms with E-state index in [0.717, 1.165) is 0 Å². The molecule has 7 nitrogen and oxygen atoms in total. The first kappa shape index (κ1) is 13.6. The first-order chi connectivity index (χ1) is 8.96. The highest BCUT2D eigenvalue weighted by Crippen LogP contribution is 2.28. The van der Waals surface area contributed by atoms with E-state index >= 15 is 0 Å². The van der Waals surface area contributed by atoms with Crippen molar-refractivity contribution in [1.82, 2.24) is 4.72 Å². The Balaban J connectivity index is 2.44. The van der Waals surface area contributed by atoms with Gasteiger partial charge in [0, 0.05) is 6.07 Å². The normalized spacial score (nSPS) is 20.1. The summed E-state index contributed by atoms with van der Waals surface area (Å²) in [5.41, 5.74) is 0.420. The molecule has 2 rings (SSSR count). The van der Waals surface area contributed by atoms with Crippen LogP contribution in [0.15, 0.2) is 28.1 Å². The molecule has 0 aliphatic carbocycles. The van der Waals surface area contributed by atoms with E-state index in [-0.39, 0.29) is 17.5 Å². The average Bonchev–Trinajstić information content (AvgIpc) is 2.37. The fraction of sp³-hybridized carbons (Fsp3) is 0.364. The highest BCUT2D eigenvalue weighted by Gasteiger charge is 2.27. The van der Waals surface area contributed by atoms with E-state index in [4.69, 9.17) is 9.84 Å². The minimum absolute atomic E-state index is 0.0965. The van der Waals surface area contributed by atoms with E-state index in [1.165, 1.54) is 13.2 Å². The first-order valence-corrected chi connectivity index (χ1v) is 7.11. The van der Waals surface area contributed by atoms with Crippen molar-refractivity contribution in [2.75, 3.05) is 19.0 Å². The van der Waals surface area contributed by atoms with Crippen molar-refractivity contribution in [2.45, 2.75) is 17.9 Å². The van der Waals surface area contributed by atoms with Gasteiger partial charge in [0.05, 0.1) is 25.4 Å². The van der Waals surface area contributed by atoms with Gasteiger partial charge in [-0.3, -0.25) is 0 Å². The number of benzene rings is 1. The summed E-state index contributed by atoms with van der Waals surface area (Å²) >= 11 is 0. The van der Waals surface area contributed by atoms with E-state index < -0.39 is 16.1 Å². The van der Waals surface area contributed by atoms with Gasteiger partial charge in [0.25, 0.3) is 10.0 Å². The first-order valence-electron chi connectivity index (χ1n) is 5.63. The summed E-state index contributed by atoms with van der Waals surface area (Å²) in [6.45, 7) is 1.51. The third-order valence-corrected chi connectivity index (χ3v) is 3.95. The number of aliphatic hydroxyl groups is 1. The zero-order valence-electron chi connectivity index (χ0n) is 10.5. The van der Waals surface area contributed by atoms with Gasteiger partial charge in [0.2, 0.25) is 5.96 Å². The Morgan fingerprint density at radius 3 is 2.84 bits per heavy atom. The number of sulfonamides is 1. The largest absolute Gasteiger partial charge is 0.497 e. The van der Waals surface area contributed by atoms with Crippen molar-refractivity contribution in [2.24, 2.45) is 4.99 Å². The molecular weight excluding hydrogens is 270 g/mol. The lowest BCUT2D eigenvalue weighted by Gasteiger charge is -2.22. The Morgan fingerprint density at radius 2 is 2.21 bits per heavy atom. The highest BCUT2D eigenvalue weighted by molar-refractivity contribution is 7.90. The molecule has 0 unspecified atom stereocenters. The molecule has 1 aliphatic rings. The quantitative estimate of drug-likeness (QED) is 0.733. The SMILES string of the molecule is COc1ccc2c(c1)S(=O)(=O)NC(=N[C@@H](C)CO)N2. The molecule has 1 aromatic carbocycles. The molecule has 0 fully saturated rings. The molecule has 104 valence electrons. The number of aliphatic imine (C=N–C) groups is 1. The molecule has 0 saturated carbocycles. The van der Waals surface area contributed by atoms with Crippen LogP contribution in [-0.2, 0) is 10.0 Å². The van der Waals surface area contributed by atoms with Crippen LogP contribution in [0.25, 0.3) is 0 Å². The lowest BCUT2D eigenvalue weighted by Crippen LogP contribution is -2.41. The molecular formula is C11H15N3O4S. The number of fused-ring (bicyclic) bond motifs is 1. The number of guanidine groups is 1. The summed E-state index contributed by atoms with van der Waals surface area (Å²) in [4.78, 5) is 4.13. The van der Waals surface area contributed by atoms with Gasteiger partial charge in [0.1, 0.15) is 10.6 Å². The molecule has 8 heteroatoms. The van der Waals surface area contributed by atoms with Crippen molar-refractivity contribution in [3.8, 4) is 5.75 Å². The topological polar surface area (TPSA) is 100 Å². The highest BCUT2D eigenvalue weighted by atomic mass is 32.2. The zero-order chi connectivity index (χ0) is 14.0. The van der Waals surface area contributed by atoms with Gasteiger partial charge >= 0.3 is 0 Å². The molecule has 0 spiro atoms. The van der Waals surface area contributed by atoms with Gasteiger partial charge in [-0.15, -0.1) is 0 Å².